The van der Waals surface area contributed by atoms with Crippen molar-refractivity contribution in [1.29, 1.82) is 0 Å². The first kappa shape index (κ1) is 14.9. The van der Waals surface area contributed by atoms with Crippen LogP contribution in [0.15, 0.2) is 18.2 Å². The Bertz CT molecular complexity index is 435. The molecule has 0 amide bonds. The minimum Gasteiger partial charge on any atom is -0.489 e. The van der Waals surface area contributed by atoms with E-state index < -0.39 is 6.10 Å². The molecule has 1 aromatic rings. The molecule has 0 aliphatic heterocycles. The number of rotatable bonds is 6. The van der Waals surface area contributed by atoms with Crippen LogP contribution >= 0.6 is 23.2 Å². The molecule has 19 heavy (non-hydrogen) atoms. The van der Waals surface area contributed by atoms with Gasteiger partial charge in [0.1, 0.15) is 18.5 Å². The zero-order chi connectivity index (χ0) is 13.9. The molecule has 2 rings (SSSR count). The summed E-state index contributed by atoms with van der Waals surface area (Å²) in [5.74, 6) is 0.503. The molecule has 0 radical (unpaired) electrons. The van der Waals surface area contributed by atoms with Gasteiger partial charge < -0.3 is 15.2 Å². The molecule has 5 heteroatoms. The summed E-state index contributed by atoms with van der Waals surface area (Å²) in [6.45, 7) is 2.90. The molecule has 1 fully saturated rings. The Morgan fingerprint density at radius 1 is 1.42 bits per heavy atom. The van der Waals surface area contributed by atoms with Crippen molar-refractivity contribution in [2.75, 3.05) is 13.2 Å². The zero-order valence-electron chi connectivity index (χ0n) is 11.0. The van der Waals surface area contributed by atoms with Crippen LogP contribution in [0, 0.1) is 0 Å². The van der Waals surface area contributed by atoms with E-state index in [9.17, 15) is 5.11 Å². The van der Waals surface area contributed by atoms with E-state index in [1.807, 2.05) is 0 Å². The van der Waals surface area contributed by atoms with Crippen LogP contribution in [-0.2, 0) is 0 Å². The lowest BCUT2D eigenvalue weighted by molar-refractivity contribution is 0.0868. The Balaban J connectivity index is 1.76. The highest BCUT2D eigenvalue weighted by Gasteiger charge is 2.31. The lowest BCUT2D eigenvalue weighted by Gasteiger charge is -2.40. The van der Waals surface area contributed by atoms with Gasteiger partial charge in [-0.1, -0.05) is 23.2 Å². The Kier molecular flexibility index (Phi) is 4.96. The SMILES string of the molecule is CC1(NCC(O)COc2cc(Cl)ccc2Cl)CCC1. The monoisotopic (exact) mass is 303 g/mol. The van der Waals surface area contributed by atoms with Crippen molar-refractivity contribution < 1.29 is 9.84 Å². The fraction of sp³-hybridized carbons (Fsp3) is 0.571. The van der Waals surface area contributed by atoms with Crippen LogP contribution in [0.3, 0.4) is 0 Å². The van der Waals surface area contributed by atoms with E-state index >= 15 is 0 Å². The van der Waals surface area contributed by atoms with Gasteiger partial charge in [-0.15, -0.1) is 0 Å². The van der Waals surface area contributed by atoms with E-state index in [1.165, 1.54) is 19.3 Å². The van der Waals surface area contributed by atoms with E-state index in [0.29, 0.717) is 22.3 Å². The number of halogens is 2. The molecule has 1 aliphatic carbocycles. The van der Waals surface area contributed by atoms with Gasteiger partial charge in [0, 0.05) is 23.2 Å². The maximum Gasteiger partial charge on any atom is 0.139 e. The van der Waals surface area contributed by atoms with Gasteiger partial charge >= 0.3 is 0 Å². The Hall–Kier alpha value is -0.480. The summed E-state index contributed by atoms with van der Waals surface area (Å²) < 4.78 is 5.49. The highest BCUT2D eigenvalue weighted by atomic mass is 35.5. The average Bonchev–Trinajstić information content (AvgIpc) is 2.35. The van der Waals surface area contributed by atoms with E-state index in [1.54, 1.807) is 18.2 Å². The summed E-state index contributed by atoms with van der Waals surface area (Å²) in [6.07, 6.45) is 3.03. The van der Waals surface area contributed by atoms with Gasteiger partial charge in [-0.25, -0.2) is 0 Å². The van der Waals surface area contributed by atoms with Crippen molar-refractivity contribution in [3.05, 3.63) is 28.2 Å². The highest BCUT2D eigenvalue weighted by molar-refractivity contribution is 6.34. The van der Waals surface area contributed by atoms with Crippen LogP contribution < -0.4 is 10.1 Å². The number of hydrogen-bond acceptors (Lipinski definition) is 3. The van der Waals surface area contributed by atoms with E-state index in [2.05, 4.69) is 12.2 Å². The van der Waals surface area contributed by atoms with Gasteiger partial charge in [0.05, 0.1) is 5.02 Å². The van der Waals surface area contributed by atoms with E-state index in [-0.39, 0.29) is 12.1 Å². The largest absolute Gasteiger partial charge is 0.489 e. The number of ether oxygens (including phenoxy) is 1. The third-order valence-electron chi connectivity index (χ3n) is 3.55. The van der Waals surface area contributed by atoms with E-state index in [0.717, 1.165) is 0 Å². The topological polar surface area (TPSA) is 41.5 Å². The van der Waals surface area contributed by atoms with Gasteiger partial charge in [0.25, 0.3) is 0 Å². The standard InChI is InChI=1S/C14H19Cl2NO2/c1-14(5-2-6-14)17-8-11(18)9-19-13-7-10(15)3-4-12(13)16/h3-4,7,11,17-18H,2,5-6,8-9H2,1H3. The van der Waals surface area contributed by atoms with Gasteiger partial charge in [0.2, 0.25) is 0 Å². The average molecular weight is 304 g/mol. The lowest BCUT2D eigenvalue weighted by atomic mass is 9.78. The second-order valence-electron chi connectivity index (χ2n) is 5.33. The van der Waals surface area contributed by atoms with Crippen molar-refractivity contribution in [2.24, 2.45) is 0 Å². The summed E-state index contributed by atoms with van der Waals surface area (Å²) in [5, 5.41) is 14.3. The van der Waals surface area contributed by atoms with Crippen LogP contribution in [0.4, 0.5) is 0 Å². The predicted octanol–water partition coefficient (Wildman–Crippen LogP) is 3.27. The smallest absolute Gasteiger partial charge is 0.139 e. The fourth-order valence-electron chi connectivity index (χ4n) is 2.08. The van der Waals surface area contributed by atoms with Crippen LogP contribution in [0.2, 0.25) is 10.0 Å². The third kappa shape index (κ3) is 4.25. The van der Waals surface area contributed by atoms with Gasteiger partial charge in [-0.2, -0.15) is 0 Å². The molecule has 1 atom stereocenters. The molecule has 0 spiro atoms. The quantitative estimate of drug-likeness (QED) is 0.847. The van der Waals surface area contributed by atoms with Gasteiger partial charge in [-0.3, -0.25) is 0 Å². The molecule has 0 heterocycles. The zero-order valence-corrected chi connectivity index (χ0v) is 12.5. The molecule has 1 aliphatic rings. The Labute approximate surface area is 123 Å². The number of aliphatic hydroxyl groups excluding tert-OH is 1. The Morgan fingerprint density at radius 2 is 2.16 bits per heavy atom. The van der Waals surface area contributed by atoms with Crippen LogP contribution in [0.5, 0.6) is 5.75 Å². The van der Waals surface area contributed by atoms with Crippen molar-refractivity contribution in [1.82, 2.24) is 5.32 Å². The van der Waals surface area contributed by atoms with Crippen molar-refractivity contribution in [2.45, 2.75) is 37.8 Å². The summed E-state index contributed by atoms with van der Waals surface area (Å²) in [4.78, 5) is 0. The number of hydrogen-bond donors (Lipinski definition) is 2. The molecule has 1 unspecified atom stereocenters. The third-order valence-corrected chi connectivity index (χ3v) is 4.09. The first-order valence-corrected chi connectivity index (χ1v) is 7.25. The number of aliphatic hydroxyl groups is 1. The molecule has 0 saturated heterocycles. The summed E-state index contributed by atoms with van der Waals surface area (Å²) in [5.41, 5.74) is 0.189. The molecule has 1 aromatic carbocycles. The second-order valence-corrected chi connectivity index (χ2v) is 6.18. The van der Waals surface area contributed by atoms with Crippen molar-refractivity contribution in [3.63, 3.8) is 0 Å². The minimum absolute atomic E-state index is 0.189. The molecule has 1 saturated carbocycles. The molecule has 2 N–H and O–H groups in total. The molecule has 106 valence electrons. The first-order valence-electron chi connectivity index (χ1n) is 6.49. The van der Waals surface area contributed by atoms with E-state index in [4.69, 9.17) is 27.9 Å². The molecule has 0 bridgehead atoms. The maximum atomic E-state index is 9.89. The maximum absolute atomic E-state index is 9.89. The number of nitrogens with one attached hydrogen (secondary N) is 1. The molecule has 3 nitrogen and oxygen atoms in total. The molecule has 0 aromatic heterocycles. The highest BCUT2D eigenvalue weighted by Crippen LogP contribution is 2.31. The lowest BCUT2D eigenvalue weighted by Crippen LogP contribution is -2.51. The number of benzene rings is 1. The van der Waals surface area contributed by atoms with Crippen LogP contribution in [-0.4, -0.2) is 29.9 Å². The summed E-state index contributed by atoms with van der Waals surface area (Å²) in [7, 11) is 0. The fourth-order valence-corrected chi connectivity index (χ4v) is 2.41. The first-order chi connectivity index (χ1) is 8.98. The van der Waals surface area contributed by atoms with Crippen molar-refractivity contribution in [3.8, 4) is 5.75 Å². The summed E-state index contributed by atoms with van der Waals surface area (Å²) >= 11 is 11.8. The van der Waals surface area contributed by atoms with Crippen LogP contribution in [0.25, 0.3) is 0 Å². The molecular formula is C14H19Cl2NO2. The minimum atomic E-state index is -0.563. The Morgan fingerprint density at radius 3 is 2.79 bits per heavy atom. The molecular weight excluding hydrogens is 285 g/mol. The number of β-amino-alcohol motifs (C(OH)–C–C–N with tert-alkyl or cyclic N) is 1. The predicted molar refractivity (Wildman–Crippen MR) is 78.2 cm³/mol. The summed E-state index contributed by atoms with van der Waals surface area (Å²) in [6, 6.07) is 5.03. The van der Waals surface area contributed by atoms with Gasteiger partial charge in [-0.05, 0) is 38.3 Å². The van der Waals surface area contributed by atoms with Crippen molar-refractivity contribution >= 4 is 23.2 Å². The normalized spacial score (nSPS) is 18.7. The second kappa shape index (κ2) is 6.31. The van der Waals surface area contributed by atoms with Gasteiger partial charge in [0.15, 0.2) is 0 Å². The van der Waals surface area contributed by atoms with Crippen LogP contribution in [0.1, 0.15) is 26.2 Å².